The minimum absolute atomic E-state index is 0.264. The van der Waals surface area contributed by atoms with Crippen LogP contribution in [0.15, 0.2) is 52.9 Å². The number of anilines is 1. The molecule has 0 aliphatic carbocycles. The molecule has 1 heterocycles. The van der Waals surface area contributed by atoms with E-state index in [2.05, 4.69) is 12.2 Å². The normalized spacial score (nSPS) is 10.6. The highest BCUT2D eigenvalue weighted by molar-refractivity contribution is 6.04. The first-order valence-corrected chi connectivity index (χ1v) is 7.17. The van der Waals surface area contributed by atoms with E-state index in [0.29, 0.717) is 5.58 Å². The molecular formula is C18H17NO3. The van der Waals surface area contributed by atoms with Gasteiger partial charge >= 0.3 is 0 Å². The predicted octanol–water partition coefficient (Wildman–Crippen LogP) is 4.26. The second-order valence-corrected chi connectivity index (χ2v) is 5.02. The van der Waals surface area contributed by atoms with Gasteiger partial charge in [0, 0.05) is 11.1 Å². The summed E-state index contributed by atoms with van der Waals surface area (Å²) in [5.74, 6) is 0.748. The Morgan fingerprint density at radius 1 is 1.14 bits per heavy atom. The van der Waals surface area contributed by atoms with Gasteiger partial charge in [-0.3, -0.25) is 4.79 Å². The Bertz CT molecular complexity index is 803. The molecule has 0 radical (unpaired) electrons. The average Bonchev–Trinajstić information content (AvgIpc) is 2.98. The van der Waals surface area contributed by atoms with Crippen LogP contribution in [0.3, 0.4) is 0 Å². The number of furan rings is 1. The molecule has 0 saturated carbocycles. The summed E-state index contributed by atoms with van der Waals surface area (Å²) in [6, 6.07) is 14.9. The Kier molecular flexibility index (Phi) is 3.83. The van der Waals surface area contributed by atoms with Gasteiger partial charge in [-0.15, -0.1) is 0 Å². The number of aryl methyl sites for hydroxylation is 1. The van der Waals surface area contributed by atoms with Crippen molar-refractivity contribution in [2.24, 2.45) is 0 Å². The molecule has 0 spiro atoms. The minimum Gasteiger partial charge on any atom is -0.497 e. The Morgan fingerprint density at radius 2 is 1.91 bits per heavy atom. The topological polar surface area (TPSA) is 51.5 Å². The third-order valence-corrected chi connectivity index (χ3v) is 3.57. The lowest BCUT2D eigenvalue weighted by molar-refractivity contribution is 0.0998. The van der Waals surface area contributed by atoms with Gasteiger partial charge in [0.2, 0.25) is 0 Å². The number of hydrogen-bond donors (Lipinski definition) is 1. The molecule has 112 valence electrons. The molecule has 1 amide bonds. The third kappa shape index (κ3) is 2.81. The van der Waals surface area contributed by atoms with Gasteiger partial charge in [0.05, 0.1) is 7.11 Å². The fourth-order valence-corrected chi connectivity index (χ4v) is 2.28. The fourth-order valence-electron chi connectivity index (χ4n) is 2.28. The van der Waals surface area contributed by atoms with Crippen LogP contribution >= 0.6 is 0 Å². The van der Waals surface area contributed by atoms with Crippen LogP contribution in [0.1, 0.15) is 23.0 Å². The van der Waals surface area contributed by atoms with Gasteiger partial charge < -0.3 is 14.5 Å². The summed E-state index contributed by atoms with van der Waals surface area (Å²) in [6.45, 7) is 2.09. The maximum atomic E-state index is 12.3. The molecule has 22 heavy (non-hydrogen) atoms. The molecule has 0 atom stereocenters. The lowest BCUT2D eigenvalue weighted by Gasteiger charge is -2.03. The molecule has 1 N–H and O–H groups in total. The van der Waals surface area contributed by atoms with Gasteiger partial charge in [-0.1, -0.05) is 19.1 Å². The monoisotopic (exact) mass is 295 g/mol. The van der Waals surface area contributed by atoms with Crippen molar-refractivity contribution >= 4 is 22.6 Å². The predicted molar refractivity (Wildman–Crippen MR) is 86.5 cm³/mol. The van der Waals surface area contributed by atoms with E-state index in [1.54, 1.807) is 25.3 Å². The van der Waals surface area contributed by atoms with Crippen molar-refractivity contribution in [2.45, 2.75) is 13.3 Å². The van der Waals surface area contributed by atoms with Crippen LogP contribution in [-0.2, 0) is 6.42 Å². The molecule has 4 heteroatoms. The Morgan fingerprint density at radius 3 is 2.59 bits per heavy atom. The van der Waals surface area contributed by atoms with Crippen LogP contribution in [0.4, 0.5) is 5.69 Å². The summed E-state index contributed by atoms with van der Waals surface area (Å²) in [5, 5.41) is 3.67. The van der Waals surface area contributed by atoms with Crippen molar-refractivity contribution in [3.05, 3.63) is 59.9 Å². The molecule has 3 aromatic rings. The van der Waals surface area contributed by atoms with E-state index in [0.717, 1.165) is 23.2 Å². The Balaban J connectivity index is 1.81. The SMILES string of the molecule is CCc1ccc(NC(=O)c2cc3cc(OC)ccc3o2)cc1. The van der Waals surface area contributed by atoms with Gasteiger partial charge in [-0.05, 0) is 48.4 Å². The zero-order chi connectivity index (χ0) is 15.5. The molecule has 0 saturated heterocycles. The maximum absolute atomic E-state index is 12.3. The first-order valence-electron chi connectivity index (χ1n) is 7.17. The lowest BCUT2D eigenvalue weighted by Crippen LogP contribution is -2.10. The van der Waals surface area contributed by atoms with Crippen molar-refractivity contribution in [3.8, 4) is 5.75 Å². The number of fused-ring (bicyclic) bond motifs is 1. The van der Waals surface area contributed by atoms with E-state index in [1.165, 1.54) is 5.56 Å². The zero-order valence-corrected chi connectivity index (χ0v) is 12.6. The second-order valence-electron chi connectivity index (χ2n) is 5.02. The molecule has 0 fully saturated rings. The molecular weight excluding hydrogens is 278 g/mol. The molecule has 1 aromatic heterocycles. The van der Waals surface area contributed by atoms with Crippen molar-refractivity contribution in [1.82, 2.24) is 0 Å². The van der Waals surface area contributed by atoms with E-state index >= 15 is 0 Å². The molecule has 2 aromatic carbocycles. The summed E-state index contributed by atoms with van der Waals surface area (Å²) in [7, 11) is 1.61. The summed E-state index contributed by atoms with van der Waals surface area (Å²) in [6.07, 6.45) is 0.972. The Labute approximate surface area is 128 Å². The number of hydrogen-bond acceptors (Lipinski definition) is 3. The van der Waals surface area contributed by atoms with Crippen LogP contribution in [0.2, 0.25) is 0 Å². The number of rotatable bonds is 4. The summed E-state index contributed by atoms with van der Waals surface area (Å²) < 4.78 is 10.7. The van der Waals surface area contributed by atoms with Gasteiger partial charge in [0.15, 0.2) is 5.76 Å². The first kappa shape index (κ1) is 14.2. The second kappa shape index (κ2) is 5.93. The lowest BCUT2D eigenvalue weighted by atomic mass is 10.1. The fraction of sp³-hybridized carbons (Fsp3) is 0.167. The quantitative estimate of drug-likeness (QED) is 0.782. The summed E-state index contributed by atoms with van der Waals surface area (Å²) in [5.41, 5.74) is 2.64. The number of methoxy groups -OCH3 is 1. The molecule has 0 aliphatic heterocycles. The van der Waals surface area contributed by atoms with Crippen molar-refractivity contribution in [2.75, 3.05) is 12.4 Å². The first-order chi connectivity index (χ1) is 10.7. The number of ether oxygens (including phenoxy) is 1. The van der Waals surface area contributed by atoms with Gasteiger partial charge in [0.1, 0.15) is 11.3 Å². The van der Waals surface area contributed by atoms with Gasteiger partial charge in [0.25, 0.3) is 5.91 Å². The average molecular weight is 295 g/mol. The number of amides is 1. The Hall–Kier alpha value is -2.75. The number of benzene rings is 2. The van der Waals surface area contributed by atoms with Gasteiger partial charge in [-0.2, -0.15) is 0 Å². The zero-order valence-electron chi connectivity index (χ0n) is 12.6. The molecule has 4 nitrogen and oxygen atoms in total. The number of nitrogens with one attached hydrogen (secondary N) is 1. The smallest absolute Gasteiger partial charge is 0.291 e. The highest BCUT2D eigenvalue weighted by atomic mass is 16.5. The van der Waals surface area contributed by atoms with Crippen LogP contribution < -0.4 is 10.1 Å². The molecule has 0 unspecified atom stereocenters. The highest BCUT2D eigenvalue weighted by Crippen LogP contribution is 2.24. The molecule has 0 bridgehead atoms. The standard InChI is InChI=1S/C18H17NO3/c1-3-12-4-6-14(7-5-12)19-18(20)17-11-13-10-15(21-2)8-9-16(13)22-17/h4-11H,3H2,1-2H3,(H,19,20). The molecule has 0 aliphatic rings. The van der Waals surface area contributed by atoms with Crippen molar-refractivity contribution < 1.29 is 13.9 Å². The maximum Gasteiger partial charge on any atom is 0.291 e. The van der Waals surface area contributed by atoms with E-state index in [-0.39, 0.29) is 11.7 Å². The largest absolute Gasteiger partial charge is 0.497 e. The minimum atomic E-state index is -0.264. The van der Waals surface area contributed by atoms with E-state index in [4.69, 9.17) is 9.15 Å². The van der Waals surface area contributed by atoms with E-state index in [9.17, 15) is 4.79 Å². The number of carbonyl (C=O) groups excluding carboxylic acids is 1. The molecule has 3 rings (SSSR count). The van der Waals surface area contributed by atoms with Crippen LogP contribution in [0.5, 0.6) is 5.75 Å². The van der Waals surface area contributed by atoms with Crippen molar-refractivity contribution in [1.29, 1.82) is 0 Å². The van der Waals surface area contributed by atoms with Crippen molar-refractivity contribution in [3.63, 3.8) is 0 Å². The summed E-state index contributed by atoms with van der Waals surface area (Å²) in [4.78, 5) is 12.3. The summed E-state index contributed by atoms with van der Waals surface area (Å²) >= 11 is 0. The number of carbonyl (C=O) groups is 1. The third-order valence-electron chi connectivity index (χ3n) is 3.57. The van der Waals surface area contributed by atoms with E-state index < -0.39 is 0 Å². The van der Waals surface area contributed by atoms with Crippen LogP contribution in [-0.4, -0.2) is 13.0 Å². The van der Waals surface area contributed by atoms with E-state index in [1.807, 2.05) is 30.3 Å². The van der Waals surface area contributed by atoms with Crippen LogP contribution in [0.25, 0.3) is 11.0 Å². The van der Waals surface area contributed by atoms with Crippen LogP contribution in [0, 0.1) is 0 Å². The highest BCUT2D eigenvalue weighted by Gasteiger charge is 2.13. The van der Waals surface area contributed by atoms with Gasteiger partial charge in [-0.25, -0.2) is 0 Å².